The molecule has 1 aromatic heterocycles. The van der Waals surface area contributed by atoms with Crippen molar-refractivity contribution in [1.82, 2.24) is 10.3 Å². The summed E-state index contributed by atoms with van der Waals surface area (Å²) in [5.74, 6) is -1.15. The fraction of sp³-hybridized carbons (Fsp3) is 0.273. The van der Waals surface area contributed by atoms with E-state index in [0.29, 0.717) is 5.56 Å². The van der Waals surface area contributed by atoms with Gasteiger partial charge in [0, 0.05) is 6.20 Å². The number of hydrogen-bond acceptors (Lipinski definition) is 4. The number of nitriles is 1. The van der Waals surface area contributed by atoms with Crippen LogP contribution in [0.1, 0.15) is 29.9 Å². The minimum atomic E-state index is -1.15. The van der Waals surface area contributed by atoms with Crippen molar-refractivity contribution < 1.29 is 9.59 Å². The van der Waals surface area contributed by atoms with Gasteiger partial charge in [-0.05, 0) is 26.0 Å². The van der Waals surface area contributed by atoms with Crippen molar-refractivity contribution in [2.45, 2.75) is 19.4 Å². The van der Waals surface area contributed by atoms with Gasteiger partial charge in [-0.15, -0.1) is 0 Å². The average molecular weight is 232 g/mol. The number of nitrogens with one attached hydrogen (secondary N) is 1. The monoisotopic (exact) mass is 232 g/mol. The summed E-state index contributed by atoms with van der Waals surface area (Å²) in [6, 6.07) is 4.77. The second-order valence-electron chi connectivity index (χ2n) is 3.99. The van der Waals surface area contributed by atoms with Crippen molar-refractivity contribution in [3.63, 3.8) is 0 Å². The van der Waals surface area contributed by atoms with Gasteiger partial charge in [-0.25, -0.2) is 4.98 Å². The Hall–Kier alpha value is -2.42. The molecule has 0 aliphatic rings. The van der Waals surface area contributed by atoms with Crippen LogP contribution < -0.4 is 11.1 Å². The number of nitrogens with two attached hydrogens (primary N) is 1. The first kappa shape index (κ1) is 12.6. The number of hydrogen-bond donors (Lipinski definition) is 2. The maximum absolute atomic E-state index is 11.7. The normalized spacial score (nSPS) is 10.4. The third-order valence-corrected chi connectivity index (χ3v) is 2.17. The van der Waals surface area contributed by atoms with Gasteiger partial charge in [0.2, 0.25) is 5.91 Å². The molecule has 0 unspecified atom stereocenters. The summed E-state index contributed by atoms with van der Waals surface area (Å²) in [5.41, 5.74) is 4.46. The lowest BCUT2D eigenvalue weighted by Crippen LogP contribution is -2.53. The number of aromatic nitrogens is 1. The summed E-state index contributed by atoms with van der Waals surface area (Å²) in [4.78, 5) is 26.5. The predicted molar refractivity (Wildman–Crippen MR) is 59.7 cm³/mol. The summed E-state index contributed by atoms with van der Waals surface area (Å²) >= 11 is 0. The van der Waals surface area contributed by atoms with E-state index in [0.717, 1.165) is 0 Å². The third kappa shape index (κ3) is 3.01. The first-order valence-electron chi connectivity index (χ1n) is 4.85. The van der Waals surface area contributed by atoms with Gasteiger partial charge in [-0.3, -0.25) is 9.59 Å². The summed E-state index contributed by atoms with van der Waals surface area (Å²) < 4.78 is 0. The molecule has 1 heterocycles. The Labute approximate surface area is 98.4 Å². The van der Waals surface area contributed by atoms with Crippen LogP contribution in [0, 0.1) is 11.3 Å². The van der Waals surface area contributed by atoms with Crippen LogP contribution >= 0.6 is 0 Å². The van der Waals surface area contributed by atoms with Crippen LogP contribution in [-0.2, 0) is 4.79 Å². The van der Waals surface area contributed by atoms with Crippen LogP contribution in [0.5, 0.6) is 0 Å². The Kier molecular flexibility index (Phi) is 3.43. The molecule has 0 bridgehead atoms. The molecule has 0 saturated heterocycles. The van der Waals surface area contributed by atoms with Crippen molar-refractivity contribution >= 4 is 11.8 Å². The van der Waals surface area contributed by atoms with E-state index in [1.165, 1.54) is 32.2 Å². The zero-order valence-corrected chi connectivity index (χ0v) is 9.52. The van der Waals surface area contributed by atoms with Crippen LogP contribution in [-0.4, -0.2) is 22.3 Å². The van der Waals surface area contributed by atoms with Gasteiger partial charge in [0.25, 0.3) is 5.91 Å². The zero-order valence-electron chi connectivity index (χ0n) is 9.52. The number of primary amides is 1. The van der Waals surface area contributed by atoms with Crippen LogP contribution in [0.4, 0.5) is 0 Å². The minimum Gasteiger partial charge on any atom is -0.368 e. The number of carbonyl (C=O) groups excluding carboxylic acids is 2. The molecular weight excluding hydrogens is 220 g/mol. The summed E-state index contributed by atoms with van der Waals surface area (Å²) in [7, 11) is 0. The quantitative estimate of drug-likeness (QED) is 0.761. The SMILES string of the molecule is CC(C)(NC(=O)c1ccc(C#N)cn1)C(N)=O. The minimum absolute atomic E-state index is 0.123. The van der Waals surface area contributed by atoms with Gasteiger partial charge >= 0.3 is 0 Å². The molecule has 0 aliphatic heterocycles. The molecular formula is C11H12N4O2. The first-order valence-corrected chi connectivity index (χ1v) is 4.85. The molecule has 0 aliphatic carbocycles. The molecule has 0 saturated carbocycles. The molecule has 6 heteroatoms. The Morgan fingerprint density at radius 2 is 2.12 bits per heavy atom. The molecule has 88 valence electrons. The second-order valence-corrected chi connectivity index (χ2v) is 3.99. The van der Waals surface area contributed by atoms with Crippen LogP contribution in [0.25, 0.3) is 0 Å². The molecule has 2 amide bonds. The second kappa shape index (κ2) is 4.61. The highest BCUT2D eigenvalue weighted by molar-refractivity contribution is 5.97. The highest BCUT2D eigenvalue weighted by Gasteiger charge is 2.27. The van der Waals surface area contributed by atoms with Gasteiger partial charge in [0.05, 0.1) is 5.56 Å². The molecule has 0 fully saturated rings. The summed E-state index contributed by atoms with van der Waals surface area (Å²) in [6.07, 6.45) is 1.28. The molecule has 0 spiro atoms. The fourth-order valence-electron chi connectivity index (χ4n) is 1.00. The van der Waals surface area contributed by atoms with Crippen molar-refractivity contribution in [1.29, 1.82) is 5.26 Å². The molecule has 1 aromatic rings. The van der Waals surface area contributed by atoms with E-state index in [4.69, 9.17) is 11.0 Å². The highest BCUT2D eigenvalue weighted by Crippen LogP contribution is 2.04. The number of carbonyl (C=O) groups is 2. The number of pyridine rings is 1. The van der Waals surface area contributed by atoms with Crippen LogP contribution in [0.3, 0.4) is 0 Å². The molecule has 17 heavy (non-hydrogen) atoms. The predicted octanol–water partition coefficient (Wildman–Crippen LogP) is -0.0530. The maximum Gasteiger partial charge on any atom is 0.270 e. The molecule has 0 atom stereocenters. The highest BCUT2D eigenvalue weighted by atomic mass is 16.2. The lowest BCUT2D eigenvalue weighted by Gasteiger charge is -2.21. The largest absolute Gasteiger partial charge is 0.368 e. The first-order chi connectivity index (χ1) is 7.86. The van der Waals surface area contributed by atoms with Crippen molar-refractivity contribution in [3.8, 4) is 6.07 Å². The van der Waals surface area contributed by atoms with E-state index in [-0.39, 0.29) is 5.69 Å². The van der Waals surface area contributed by atoms with Crippen LogP contribution in [0.15, 0.2) is 18.3 Å². The van der Waals surface area contributed by atoms with Gasteiger partial charge in [-0.1, -0.05) is 0 Å². The molecule has 6 nitrogen and oxygen atoms in total. The van der Waals surface area contributed by atoms with Crippen molar-refractivity contribution in [3.05, 3.63) is 29.6 Å². The van der Waals surface area contributed by atoms with Crippen molar-refractivity contribution in [2.24, 2.45) is 5.73 Å². The van der Waals surface area contributed by atoms with E-state index >= 15 is 0 Å². The van der Waals surface area contributed by atoms with Gasteiger partial charge in [0.15, 0.2) is 0 Å². The fourth-order valence-corrected chi connectivity index (χ4v) is 1.00. The molecule has 0 radical (unpaired) electrons. The van der Waals surface area contributed by atoms with E-state index in [1.807, 2.05) is 6.07 Å². The standard InChI is InChI=1S/C11H12N4O2/c1-11(2,10(13)17)15-9(16)8-4-3-7(5-12)6-14-8/h3-4,6H,1-2H3,(H2,13,17)(H,15,16). The van der Waals surface area contributed by atoms with Gasteiger partial charge < -0.3 is 11.1 Å². The summed E-state index contributed by atoms with van der Waals surface area (Å²) in [5, 5.41) is 11.0. The number of nitrogens with zero attached hydrogens (tertiary/aromatic N) is 2. The van der Waals surface area contributed by atoms with E-state index < -0.39 is 17.4 Å². The number of amides is 2. The average Bonchev–Trinajstić information content (AvgIpc) is 2.28. The van der Waals surface area contributed by atoms with E-state index in [2.05, 4.69) is 10.3 Å². The Morgan fingerprint density at radius 1 is 1.47 bits per heavy atom. The topological polar surface area (TPSA) is 109 Å². The van der Waals surface area contributed by atoms with Gasteiger partial charge in [-0.2, -0.15) is 5.26 Å². The molecule has 0 aromatic carbocycles. The summed E-state index contributed by atoms with van der Waals surface area (Å²) in [6.45, 7) is 2.99. The number of rotatable bonds is 3. The Bertz CT molecular complexity index is 485. The maximum atomic E-state index is 11.7. The Morgan fingerprint density at radius 3 is 2.53 bits per heavy atom. The molecule has 1 rings (SSSR count). The molecule has 3 N–H and O–H groups in total. The van der Waals surface area contributed by atoms with Gasteiger partial charge in [0.1, 0.15) is 17.3 Å². The lowest BCUT2D eigenvalue weighted by atomic mass is 10.0. The smallest absolute Gasteiger partial charge is 0.270 e. The Balaban J connectivity index is 2.84. The zero-order chi connectivity index (χ0) is 13.1. The lowest BCUT2D eigenvalue weighted by molar-refractivity contribution is -0.122. The van der Waals surface area contributed by atoms with Crippen molar-refractivity contribution in [2.75, 3.05) is 0 Å². The van der Waals surface area contributed by atoms with E-state index in [9.17, 15) is 9.59 Å². The van der Waals surface area contributed by atoms with Crippen LogP contribution in [0.2, 0.25) is 0 Å². The van der Waals surface area contributed by atoms with E-state index in [1.54, 1.807) is 0 Å². The third-order valence-electron chi connectivity index (χ3n) is 2.17.